The largest absolute Gasteiger partial charge is 0.317 e. The normalized spacial score (nSPS) is 15.4. The van der Waals surface area contributed by atoms with Gasteiger partial charge in [-0.1, -0.05) is 50.1 Å². The van der Waals surface area contributed by atoms with Crippen molar-refractivity contribution in [2.45, 2.75) is 63.7 Å². The van der Waals surface area contributed by atoms with E-state index >= 15 is 0 Å². The fourth-order valence-corrected chi connectivity index (χ4v) is 4.55. The molecule has 1 aliphatic rings. The molecule has 2 nitrogen and oxygen atoms in total. The summed E-state index contributed by atoms with van der Waals surface area (Å²) in [7, 11) is 0. The smallest absolute Gasteiger partial charge is 0.0184 e. The predicted octanol–water partition coefficient (Wildman–Crippen LogP) is 4.94. The molecule has 0 aromatic heterocycles. The Kier molecular flexibility index (Phi) is 10.6. The highest BCUT2D eigenvalue weighted by molar-refractivity contribution is 7.98. The molecule has 0 bridgehead atoms. The molecule has 0 amide bonds. The van der Waals surface area contributed by atoms with Crippen molar-refractivity contribution in [1.29, 1.82) is 0 Å². The standard InChI is InChI=1S/C21H36N2S/c1-2-16-23(21-12-6-7-13-21)17-8-14-22-15-9-18-24-19-20-10-4-3-5-11-20/h3-5,10-11,21-22H,2,6-9,12-19H2,1H3. The lowest BCUT2D eigenvalue weighted by atomic mass is 10.2. The molecule has 1 N–H and O–H groups in total. The molecule has 1 aromatic carbocycles. The predicted molar refractivity (Wildman–Crippen MR) is 109 cm³/mol. The maximum absolute atomic E-state index is 3.63. The Morgan fingerprint density at radius 1 is 1.04 bits per heavy atom. The molecule has 136 valence electrons. The molecule has 2 rings (SSSR count). The van der Waals surface area contributed by atoms with Gasteiger partial charge < -0.3 is 10.2 Å². The van der Waals surface area contributed by atoms with E-state index in [-0.39, 0.29) is 0 Å². The van der Waals surface area contributed by atoms with Crippen LogP contribution in [0.3, 0.4) is 0 Å². The number of hydrogen-bond donors (Lipinski definition) is 1. The van der Waals surface area contributed by atoms with E-state index in [0.717, 1.165) is 11.8 Å². The summed E-state index contributed by atoms with van der Waals surface area (Å²) in [5, 5.41) is 3.63. The van der Waals surface area contributed by atoms with E-state index < -0.39 is 0 Å². The van der Waals surface area contributed by atoms with Gasteiger partial charge in [0.15, 0.2) is 0 Å². The van der Waals surface area contributed by atoms with Crippen molar-refractivity contribution in [2.24, 2.45) is 0 Å². The maximum atomic E-state index is 3.63. The highest BCUT2D eigenvalue weighted by Gasteiger charge is 2.21. The minimum Gasteiger partial charge on any atom is -0.317 e. The minimum absolute atomic E-state index is 0.888. The number of nitrogens with one attached hydrogen (secondary N) is 1. The number of nitrogens with zero attached hydrogens (tertiary/aromatic N) is 1. The van der Waals surface area contributed by atoms with Crippen molar-refractivity contribution < 1.29 is 0 Å². The van der Waals surface area contributed by atoms with Crippen LogP contribution in [0.2, 0.25) is 0 Å². The van der Waals surface area contributed by atoms with Crippen LogP contribution in [0.1, 0.15) is 57.4 Å². The third-order valence-electron chi connectivity index (χ3n) is 4.90. The Bertz CT molecular complexity index is 404. The van der Waals surface area contributed by atoms with Crippen LogP contribution >= 0.6 is 11.8 Å². The van der Waals surface area contributed by atoms with Gasteiger partial charge >= 0.3 is 0 Å². The first-order chi connectivity index (χ1) is 11.9. The van der Waals surface area contributed by atoms with Crippen molar-refractivity contribution in [3.8, 4) is 0 Å². The fourth-order valence-electron chi connectivity index (χ4n) is 3.63. The van der Waals surface area contributed by atoms with E-state index in [4.69, 9.17) is 0 Å². The van der Waals surface area contributed by atoms with Gasteiger partial charge in [-0.15, -0.1) is 0 Å². The first-order valence-electron chi connectivity index (χ1n) is 9.96. The minimum atomic E-state index is 0.888. The van der Waals surface area contributed by atoms with Crippen molar-refractivity contribution >= 4 is 11.8 Å². The molecule has 0 aliphatic heterocycles. The van der Waals surface area contributed by atoms with Gasteiger partial charge in [0.2, 0.25) is 0 Å². The third-order valence-corrected chi connectivity index (χ3v) is 6.02. The van der Waals surface area contributed by atoms with Gasteiger partial charge in [0, 0.05) is 11.8 Å². The summed E-state index contributed by atoms with van der Waals surface area (Å²) in [5.74, 6) is 2.40. The van der Waals surface area contributed by atoms with E-state index in [0.29, 0.717) is 0 Å². The topological polar surface area (TPSA) is 15.3 Å². The van der Waals surface area contributed by atoms with Crippen LogP contribution in [0.25, 0.3) is 0 Å². The summed E-state index contributed by atoms with van der Waals surface area (Å²) in [6, 6.07) is 11.7. The Balaban J connectivity index is 1.43. The molecule has 0 saturated heterocycles. The highest BCUT2D eigenvalue weighted by Crippen LogP contribution is 2.23. The number of thioether (sulfide) groups is 1. The van der Waals surface area contributed by atoms with Crippen LogP contribution in [0.15, 0.2) is 30.3 Å². The zero-order valence-electron chi connectivity index (χ0n) is 15.5. The quantitative estimate of drug-likeness (QED) is 0.508. The molecular formula is C21H36N2S. The van der Waals surface area contributed by atoms with E-state index in [2.05, 4.69) is 59.2 Å². The molecular weight excluding hydrogens is 312 g/mol. The number of benzene rings is 1. The van der Waals surface area contributed by atoms with Crippen LogP contribution in [0, 0.1) is 0 Å². The summed E-state index contributed by atoms with van der Waals surface area (Å²) in [4.78, 5) is 2.75. The summed E-state index contributed by atoms with van der Waals surface area (Å²) >= 11 is 2.05. The molecule has 0 heterocycles. The molecule has 1 aromatic rings. The monoisotopic (exact) mass is 348 g/mol. The average Bonchev–Trinajstić information content (AvgIpc) is 3.15. The van der Waals surface area contributed by atoms with Gasteiger partial charge in [0.25, 0.3) is 0 Å². The Morgan fingerprint density at radius 3 is 2.54 bits per heavy atom. The van der Waals surface area contributed by atoms with Gasteiger partial charge in [0.1, 0.15) is 0 Å². The second kappa shape index (κ2) is 12.8. The van der Waals surface area contributed by atoms with Crippen LogP contribution < -0.4 is 5.32 Å². The van der Waals surface area contributed by atoms with Gasteiger partial charge in [0.05, 0.1) is 0 Å². The van der Waals surface area contributed by atoms with Crippen molar-refractivity contribution in [1.82, 2.24) is 10.2 Å². The molecule has 0 radical (unpaired) electrons. The highest BCUT2D eigenvalue weighted by atomic mass is 32.2. The molecule has 0 spiro atoms. The molecule has 0 unspecified atom stereocenters. The second-order valence-electron chi connectivity index (χ2n) is 6.97. The van der Waals surface area contributed by atoms with Crippen LogP contribution in [-0.2, 0) is 5.75 Å². The third kappa shape index (κ3) is 8.04. The summed E-state index contributed by atoms with van der Waals surface area (Å²) < 4.78 is 0. The van der Waals surface area contributed by atoms with Crippen molar-refractivity contribution in [2.75, 3.05) is 31.9 Å². The average molecular weight is 349 g/mol. The maximum Gasteiger partial charge on any atom is 0.0184 e. The van der Waals surface area contributed by atoms with E-state index in [1.165, 1.54) is 82.4 Å². The van der Waals surface area contributed by atoms with E-state index in [1.54, 1.807) is 0 Å². The zero-order chi connectivity index (χ0) is 16.9. The van der Waals surface area contributed by atoms with Crippen LogP contribution in [0.5, 0.6) is 0 Å². The first kappa shape index (κ1) is 19.8. The first-order valence-corrected chi connectivity index (χ1v) is 11.1. The van der Waals surface area contributed by atoms with Crippen molar-refractivity contribution in [3.05, 3.63) is 35.9 Å². The van der Waals surface area contributed by atoms with Crippen LogP contribution in [-0.4, -0.2) is 42.9 Å². The lowest BCUT2D eigenvalue weighted by molar-refractivity contribution is 0.196. The Morgan fingerprint density at radius 2 is 1.79 bits per heavy atom. The lowest BCUT2D eigenvalue weighted by Crippen LogP contribution is -2.36. The van der Waals surface area contributed by atoms with Gasteiger partial charge in [-0.3, -0.25) is 0 Å². The lowest BCUT2D eigenvalue weighted by Gasteiger charge is -2.28. The Hall–Kier alpha value is -0.510. The molecule has 0 atom stereocenters. The summed E-state index contributed by atoms with van der Waals surface area (Å²) in [6.45, 7) is 7.23. The molecule has 1 fully saturated rings. The van der Waals surface area contributed by atoms with Crippen LogP contribution in [0.4, 0.5) is 0 Å². The van der Waals surface area contributed by atoms with Crippen molar-refractivity contribution in [3.63, 3.8) is 0 Å². The second-order valence-corrected chi connectivity index (χ2v) is 8.07. The van der Waals surface area contributed by atoms with Gasteiger partial charge in [-0.25, -0.2) is 0 Å². The van der Waals surface area contributed by atoms with E-state index in [1.807, 2.05) is 0 Å². The number of hydrogen-bond acceptors (Lipinski definition) is 3. The fraction of sp³-hybridized carbons (Fsp3) is 0.714. The van der Waals surface area contributed by atoms with Gasteiger partial charge in [-0.05, 0) is 69.6 Å². The van der Waals surface area contributed by atoms with Gasteiger partial charge in [-0.2, -0.15) is 11.8 Å². The number of rotatable bonds is 13. The van der Waals surface area contributed by atoms with E-state index in [9.17, 15) is 0 Å². The molecule has 3 heteroatoms. The Labute approximate surface area is 153 Å². The SMILES string of the molecule is CCCN(CCCNCCCSCc1ccccc1)C1CCCC1. The summed E-state index contributed by atoms with van der Waals surface area (Å²) in [5.41, 5.74) is 1.44. The summed E-state index contributed by atoms with van der Waals surface area (Å²) in [6.07, 6.45) is 9.64. The molecule has 1 saturated carbocycles. The molecule has 24 heavy (non-hydrogen) atoms. The molecule has 1 aliphatic carbocycles. The zero-order valence-corrected chi connectivity index (χ0v) is 16.3.